The molecule has 1 aromatic carbocycles. The summed E-state index contributed by atoms with van der Waals surface area (Å²) in [5, 5.41) is 3.81. The van der Waals surface area contributed by atoms with Gasteiger partial charge in [0.1, 0.15) is 5.75 Å². The third kappa shape index (κ3) is 4.34. The predicted molar refractivity (Wildman–Crippen MR) is 107 cm³/mol. The van der Waals surface area contributed by atoms with E-state index in [0.717, 1.165) is 32.2 Å². The molecule has 0 radical (unpaired) electrons. The van der Waals surface area contributed by atoms with Gasteiger partial charge in [0.15, 0.2) is 6.61 Å². The minimum Gasteiger partial charge on any atom is -0.485 e. The zero-order valence-electron chi connectivity index (χ0n) is 16.9. The summed E-state index contributed by atoms with van der Waals surface area (Å²) in [5.41, 5.74) is 1.87. The third-order valence-corrected chi connectivity index (χ3v) is 5.38. The Morgan fingerprint density at radius 1 is 1.21 bits per heavy atom. The first-order valence-corrected chi connectivity index (χ1v) is 10.1. The fraction of sp³-hybridized carbons (Fsp3) is 0.409. The number of aromatic nitrogens is 3. The molecule has 7 nitrogen and oxygen atoms in total. The lowest BCUT2D eigenvalue weighted by Crippen LogP contribution is -2.35. The maximum Gasteiger partial charge on any atom is 0.254 e. The number of likely N-dealkylation sites (tertiary alicyclic amines) is 1. The number of hydrogen-bond acceptors (Lipinski definition) is 5. The molecule has 1 amide bonds. The van der Waals surface area contributed by atoms with Gasteiger partial charge in [0.05, 0.1) is 6.04 Å². The first-order chi connectivity index (χ1) is 14.1. The highest BCUT2D eigenvalue weighted by Gasteiger charge is 2.28. The van der Waals surface area contributed by atoms with E-state index in [-0.39, 0.29) is 18.6 Å². The van der Waals surface area contributed by atoms with Gasteiger partial charge < -0.3 is 18.7 Å². The number of carbonyl (C=O) groups excluding carboxylic acids is 1. The molecule has 1 atom stereocenters. The van der Waals surface area contributed by atoms with Crippen LogP contribution in [-0.4, -0.2) is 32.1 Å². The Kier molecular flexibility index (Phi) is 5.64. The van der Waals surface area contributed by atoms with Crippen LogP contribution in [0.25, 0.3) is 0 Å². The molecular weight excluding hydrogens is 368 g/mol. The molecule has 0 spiro atoms. The van der Waals surface area contributed by atoms with Gasteiger partial charge in [0.2, 0.25) is 11.7 Å². The summed E-state index contributed by atoms with van der Waals surface area (Å²) in [6.45, 7) is 2.75. The van der Waals surface area contributed by atoms with E-state index in [0.29, 0.717) is 23.0 Å². The van der Waals surface area contributed by atoms with Crippen LogP contribution in [0.4, 0.5) is 0 Å². The number of carbonyl (C=O) groups is 1. The fourth-order valence-electron chi connectivity index (χ4n) is 3.89. The summed E-state index contributed by atoms with van der Waals surface area (Å²) in [7, 11) is 2.04. The van der Waals surface area contributed by atoms with E-state index >= 15 is 0 Å². The highest BCUT2D eigenvalue weighted by atomic mass is 16.5. The molecule has 1 unspecified atom stereocenters. The van der Waals surface area contributed by atoms with E-state index in [1.807, 2.05) is 48.5 Å². The van der Waals surface area contributed by atoms with Gasteiger partial charge in [-0.25, -0.2) is 0 Å². The van der Waals surface area contributed by atoms with Crippen LogP contribution in [0.15, 0.2) is 47.1 Å². The lowest BCUT2D eigenvalue weighted by atomic mass is 10.1. The molecule has 0 N–H and O–H groups in total. The summed E-state index contributed by atoms with van der Waals surface area (Å²) in [5.74, 6) is 1.74. The fourth-order valence-corrected chi connectivity index (χ4v) is 3.89. The van der Waals surface area contributed by atoms with Gasteiger partial charge in [0.25, 0.3) is 5.91 Å². The number of rotatable bonds is 5. The predicted octanol–water partition coefficient (Wildman–Crippen LogP) is 4.05. The van der Waals surface area contributed by atoms with E-state index in [1.165, 1.54) is 5.69 Å². The second kappa shape index (κ2) is 8.51. The van der Waals surface area contributed by atoms with E-state index < -0.39 is 0 Å². The van der Waals surface area contributed by atoms with Crippen molar-refractivity contribution in [3.8, 4) is 5.75 Å². The van der Waals surface area contributed by atoms with Crippen LogP contribution in [0.2, 0.25) is 0 Å². The van der Waals surface area contributed by atoms with Crippen molar-refractivity contribution in [3.05, 3.63) is 65.6 Å². The molecule has 1 saturated heterocycles. The maximum atomic E-state index is 13.3. The number of ether oxygens (including phenoxy) is 1. The summed E-state index contributed by atoms with van der Waals surface area (Å²) >= 11 is 0. The van der Waals surface area contributed by atoms with Gasteiger partial charge in [-0.2, -0.15) is 4.98 Å². The van der Waals surface area contributed by atoms with Gasteiger partial charge in [-0.05, 0) is 49.2 Å². The Hall–Kier alpha value is -3.09. The van der Waals surface area contributed by atoms with E-state index in [1.54, 1.807) is 6.92 Å². The van der Waals surface area contributed by atoms with Crippen molar-refractivity contribution in [2.75, 3.05) is 6.54 Å². The highest BCUT2D eigenvalue weighted by molar-refractivity contribution is 5.94. The number of nitrogens with zero attached hydrogens (tertiary/aromatic N) is 4. The van der Waals surface area contributed by atoms with E-state index in [2.05, 4.69) is 20.8 Å². The van der Waals surface area contributed by atoms with Crippen LogP contribution in [0.3, 0.4) is 0 Å². The second-order valence-electron chi connectivity index (χ2n) is 7.45. The lowest BCUT2D eigenvalue weighted by molar-refractivity contribution is 0.0674. The molecule has 2 aromatic heterocycles. The van der Waals surface area contributed by atoms with Crippen molar-refractivity contribution >= 4 is 5.91 Å². The molecule has 7 heteroatoms. The standard InChI is InChI=1S/C22H26N4O3/c1-16-23-21(24-29-16)15-28-18-11-9-17(10-12-18)22(27)26-14-5-3-4-7-20(26)19-8-6-13-25(19)2/h6,8-13,20H,3-5,7,14-15H2,1-2H3. The molecule has 0 bridgehead atoms. The normalized spacial score (nSPS) is 17.2. The van der Waals surface area contributed by atoms with Gasteiger partial charge in [-0.1, -0.05) is 18.0 Å². The van der Waals surface area contributed by atoms with Crippen LogP contribution in [0, 0.1) is 6.92 Å². The van der Waals surface area contributed by atoms with Crippen LogP contribution >= 0.6 is 0 Å². The van der Waals surface area contributed by atoms with E-state index in [4.69, 9.17) is 9.26 Å². The zero-order valence-corrected chi connectivity index (χ0v) is 16.9. The second-order valence-corrected chi connectivity index (χ2v) is 7.45. The Balaban J connectivity index is 1.47. The van der Waals surface area contributed by atoms with E-state index in [9.17, 15) is 4.79 Å². The van der Waals surface area contributed by atoms with Gasteiger partial charge in [-0.3, -0.25) is 4.79 Å². The SMILES string of the molecule is Cc1nc(COc2ccc(C(=O)N3CCCCCC3c3cccn3C)cc2)no1. The number of aryl methyl sites for hydroxylation is 2. The summed E-state index contributed by atoms with van der Waals surface area (Å²) in [4.78, 5) is 19.5. The Labute approximate surface area is 170 Å². The van der Waals surface area contributed by atoms with Crippen molar-refractivity contribution in [2.24, 2.45) is 7.05 Å². The van der Waals surface area contributed by atoms with Crippen molar-refractivity contribution < 1.29 is 14.1 Å². The molecular formula is C22H26N4O3. The summed E-state index contributed by atoms with van der Waals surface area (Å²) < 4.78 is 12.7. The first-order valence-electron chi connectivity index (χ1n) is 10.1. The van der Waals surface area contributed by atoms with Crippen molar-refractivity contribution in [1.82, 2.24) is 19.6 Å². The topological polar surface area (TPSA) is 73.4 Å². The minimum atomic E-state index is 0.0680. The van der Waals surface area contributed by atoms with Crippen molar-refractivity contribution in [2.45, 2.75) is 45.3 Å². The Bertz CT molecular complexity index is 961. The molecule has 3 aromatic rings. The first kappa shape index (κ1) is 19.2. The summed E-state index contributed by atoms with van der Waals surface area (Å²) in [6, 6.07) is 11.6. The molecule has 0 aliphatic carbocycles. The van der Waals surface area contributed by atoms with Crippen molar-refractivity contribution in [3.63, 3.8) is 0 Å². The summed E-state index contributed by atoms with van der Waals surface area (Å²) in [6.07, 6.45) is 6.38. The monoisotopic (exact) mass is 394 g/mol. The highest BCUT2D eigenvalue weighted by Crippen LogP contribution is 2.31. The maximum absolute atomic E-state index is 13.3. The minimum absolute atomic E-state index is 0.0680. The third-order valence-electron chi connectivity index (χ3n) is 5.38. The average molecular weight is 394 g/mol. The zero-order chi connectivity index (χ0) is 20.2. The number of hydrogen-bond donors (Lipinski definition) is 0. The molecule has 0 saturated carbocycles. The van der Waals surface area contributed by atoms with Gasteiger partial charge >= 0.3 is 0 Å². The lowest BCUT2D eigenvalue weighted by Gasteiger charge is -2.30. The van der Waals surface area contributed by atoms with Crippen LogP contribution in [0.1, 0.15) is 59.5 Å². The molecule has 152 valence electrons. The van der Waals surface area contributed by atoms with Crippen molar-refractivity contribution in [1.29, 1.82) is 0 Å². The molecule has 1 aliphatic heterocycles. The molecule has 1 fully saturated rings. The Morgan fingerprint density at radius 2 is 2.03 bits per heavy atom. The Morgan fingerprint density at radius 3 is 2.72 bits per heavy atom. The van der Waals surface area contributed by atoms with Crippen LogP contribution < -0.4 is 4.74 Å². The van der Waals surface area contributed by atoms with Crippen LogP contribution in [-0.2, 0) is 13.7 Å². The van der Waals surface area contributed by atoms with Crippen LogP contribution in [0.5, 0.6) is 5.75 Å². The molecule has 4 rings (SSSR count). The van der Waals surface area contributed by atoms with Gasteiger partial charge in [0, 0.05) is 38.0 Å². The molecule has 29 heavy (non-hydrogen) atoms. The number of amides is 1. The quantitative estimate of drug-likeness (QED) is 0.653. The molecule has 3 heterocycles. The largest absolute Gasteiger partial charge is 0.485 e. The smallest absolute Gasteiger partial charge is 0.254 e. The van der Waals surface area contributed by atoms with Gasteiger partial charge in [-0.15, -0.1) is 0 Å². The number of benzene rings is 1. The molecule has 1 aliphatic rings. The average Bonchev–Trinajstić information content (AvgIpc) is 3.26.